The first-order valence-corrected chi connectivity index (χ1v) is 11.3. The van der Waals surface area contributed by atoms with E-state index < -0.39 is 6.09 Å². The SMILES string of the molecule is CCOC(=O)NN=C(C)C1=CCC2C3CC=C4CC(O)CCC4(C)C3CCC12C. The van der Waals surface area contributed by atoms with Crippen LogP contribution in [-0.4, -0.2) is 29.6 Å². The van der Waals surface area contributed by atoms with Crippen LogP contribution in [0.15, 0.2) is 28.4 Å². The van der Waals surface area contributed by atoms with Crippen LogP contribution < -0.4 is 5.43 Å². The van der Waals surface area contributed by atoms with Gasteiger partial charge in [-0.05, 0) is 93.0 Å². The molecular formula is C24H36N2O3. The molecule has 2 saturated carbocycles. The molecule has 5 heteroatoms. The van der Waals surface area contributed by atoms with Gasteiger partial charge >= 0.3 is 6.09 Å². The Morgan fingerprint density at radius 3 is 2.72 bits per heavy atom. The number of carbonyl (C=O) groups excluding carboxylic acids is 1. The van der Waals surface area contributed by atoms with E-state index >= 15 is 0 Å². The van der Waals surface area contributed by atoms with Gasteiger partial charge in [-0.2, -0.15) is 5.10 Å². The van der Waals surface area contributed by atoms with Crippen molar-refractivity contribution in [3.05, 3.63) is 23.3 Å². The Morgan fingerprint density at radius 2 is 1.97 bits per heavy atom. The lowest BCUT2D eigenvalue weighted by molar-refractivity contribution is -0.0279. The maximum atomic E-state index is 11.6. The minimum Gasteiger partial charge on any atom is -0.449 e. The fraction of sp³-hybridized carbons (Fsp3) is 0.750. The molecular weight excluding hydrogens is 364 g/mol. The number of rotatable bonds is 3. The van der Waals surface area contributed by atoms with E-state index in [9.17, 15) is 9.90 Å². The summed E-state index contributed by atoms with van der Waals surface area (Å²) in [5.41, 5.74) is 6.64. The lowest BCUT2D eigenvalue weighted by atomic mass is 9.47. The second kappa shape index (κ2) is 7.57. The molecule has 160 valence electrons. The summed E-state index contributed by atoms with van der Waals surface area (Å²) in [5, 5.41) is 14.5. The van der Waals surface area contributed by atoms with Gasteiger partial charge in [-0.3, -0.25) is 0 Å². The van der Waals surface area contributed by atoms with Gasteiger partial charge in [0.1, 0.15) is 0 Å². The molecule has 29 heavy (non-hydrogen) atoms. The first-order valence-electron chi connectivity index (χ1n) is 11.3. The van der Waals surface area contributed by atoms with Crippen LogP contribution in [-0.2, 0) is 4.74 Å². The molecule has 0 saturated heterocycles. The number of amides is 1. The minimum absolute atomic E-state index is 0.126. The summed E-state index contributed by atoms with van der Waals surface area (Å²) in [7, 11) is 0. The second-order valence-electron chi connectivity index (χ2n) is 10.00. The summed E-state index contributed by atoms with van der Waals surface area (Å²) in [6.45, 7) is 9.00. The van der Waals surface area contributed by atoms with Gasteiger partial charge in [-0.15, -0.1) is 0 Å². The van der Waals surface area contributed by atoms with E-state index in [2.05, 4.69) is 36.5 Å². The van der Waals surface area contributed by atoms with Crippen molar-refractivity contribution in [2.24, 2.45) is 33.7 Å². The third-order valence-electron chi connectivity index (χ3n) is 8.64. The molecule has 4 aliphatic carbocycles. The molecule has 1 amide bonds. The van der Waals surface area contributed by atoms with Crippen molar-refractivity contribution in [3.63, 3.8) is 0 Å². The summed E-state index contributed by atoms with van der Waals surface area (Å²) in [5.74, 6) is 2.04. The summed E-state index contributed by atoms with van der Waals surface area (Å²) >= 11 is 0. The number of aliphatic hydroxyl groups excluding tert-OH is 1. The zero-order chi connectivity index (χ0) is 20.8. The number of aliphatic hydroxyl groups is 1. The van der Waals surface area contributed by atoms with Crippen LogP contribution >= 0.6 is 0 Å². The normalized spacial score (nSPS) is 41.5. The largest absolute Gasteiger partial charge is 0.449 e. The summed E-state index contributed by atoms with van der Waals surface area (Å²) in [6.07, 6.45) is 11.8. The molecule has 2 fully saturated rings. The monoisotopic (exact) mass is 400 g/mol. The van der Waals surface area contributed by atoms with Gasteiger partial charge in [0.05, 0.1) is 18.4 Å². The zero-order valence-electron chi connectivity index (χ0n) is 18.3. The van der Waals surface area contributed by atoms with Crippen LogP contribution in [0.25, 0.3) is 0 Å². The number of hydrogen-bond acceptors (Lipinski definition) is 4. The second-order valence-corrected chi connectivity index (χ2v) is 10.00. The van der Waals surface area contributed by atoms with Gasteiger partial charge in [-0.1, -0.05) is 31.6 Å². The Labute approximate surface area is 174 Å². The van der Waals surface area contributed by atoms with Crippen LogP contribution in [0.4, 0.5) is 4.79 Å². The van der Waals surface area contributed by atoms with E-state index in [1.807, 2.05) is 6.92 Å². The molecule has 4 rings (SSSR count). The number of nitrogens with one attached hydrogen (secondary N) is 1. The van der Waals surface area contributed by atoms with Crippen LogP contribution in [0.2, 0.25) is 0 Å². The molecule has 0 aromatic carbocycles. The van der Waals surface area contributed by atoms with Crippen LogP contribution in [0, 0.1) is 28.6 Å². The number of hydrazone groups is 1. The number of hydrogen-bond donors (Lipinski definition) is 2. The fourth-order valence-electron chi connectivity index (χ4n) is 7.12. The van der Waals surface area contributed by atoms with Gasteiger partial charge in [0.2, 0.25) is 0 Å². The highest BCUT2D eigenvalue weighted by Gasteiger charge is 2.56. The molecule has 0 radical (unpaired) electrons. The van der Waals surface area contributed by atoms with Crippen molar-refractivity contribution >= 4 is 11.8 Å². The molecule has 0 bridgehead atoms. The average molecular weight is 401 g/mol. The lowest BCUT2D eigenvalue weighted by Gasteiger charge is -2.57. The Balaban J connectivity index is 1.54. The number of allylic oxidation sites excluding steroid dienone is 3. The molecule has 0 aromatic rings. The van der Waals surface area contributed by atoms with Crippen LogP contribution in [0.5, 0.6) is 0 Å². The Kier molecular flexibility index (Phi) is 5.39. The maximum Gasteiger partial charge on any atom is 0.427 e. The predicted octanol–water partition coefficient (Wildman–Crippen LogP) is 4.97. The van der Waals surface area contributed by atoms with E-state index in [-0.39, 0.29) is 16.9 Å². The molecule has 6 atom stereocenters. The minimum atomic E-state index is -0.492. The Hall–Kier alpha value is -1.62. The highest BCUT2D eigenvalue weighted by molar-refractivity contribution is 6.00. The van der Waals surface area contributed by atoms with Crippen molar-refractivity contribution in [3.8, 4) is 0 Å². The molecule has 5 nitrogen and oxygen atoms in total. The van der Waals surface area contributed by atoms with E-state index in [4.69, 9.17) is 4.74 Å². The zero-order valence-corrected chi connectivity index (χ0v) is 18.3. The number of ether oxygens (including phenoxy) is 1. The smallest absolute Gasteiger partial charge is 0.427 e. The van der Waals surface area contributed by atoms with E-state index in [1.54, 1.807) is 6.92 Å². The Morgan fingerprint density at radius 1 is 1.21 bits per heavy atom. The summed E-state index contributed by atoms with van der Waals surface area (Å²) in [6, 6.07) is 0. The first kappa shape index (κ1) is 20.6. The van der Waals surface area contributed by atoms with Gasteiger partial charge < -0.3 is 9.84 Å². The average Bonchev–Trinajstić information content (AvgIpc) is 3.04. The number of nitrogens with zero attached hydrogens (tertiary/aromatic N) is 1. The van der Waals surface area contributed by atoms with Gasteiger partial charge in [0, 0.05) is 0 Å². The van der Waals surface area contributed by atoms with Crippen molar-refractivity contribution in [2.75, 3.05) is 6.61 Å². The van der Waals surface area contributed by atoms with Gasteiger partial charge in [0.25, 0.3) is 0 Å². The third-order valence-corrected chi connectivity index (χ3v) is 8.64. The molecule has 2 N–H and O–H groups in total. The third kappa shape index (κ3) is 3.35. The van der Waals surface area contributed by atoms with Crippen molar-refractivity contribution in [1.29, 1.82) is 0 Å². The van der Waals surface area contributed by atoms with Crippen LogP contribution in [0.3, 0.4) is 0 Å². The summed E-state index contributed by atoms with van der Waals surface area (Å²) < 4.78 is 4.93. The van der Waals surface area contributed by atoms with Crippen molar-refractivity contribution < 1.29 is 14.6 Å². The molecule has 0 heterocycles. The van der Waals surface area contributed by atoms with Crippen LogP contribution in [0.1, 0.15) is 72.6 Å². The molecule has 4 aliphatic rings. The highest BCUT2D eigenvalue weighted by Crippen LogP contribution is 2.65. The van der Waals surface area contributed by atoms with Crippen molar-refractivity contribution in [1.82, 2.24) is 5.43 Å². The lowest BCUT2D eigenvalue weighted by Crippen LogP contribution is -2.50. The predicted molar refractivity (Wildman–Crippen MR) is 114 cm³/mol. The number of fused-ring (bicyclic) bond motifs is 5. The fourth-order valence-corrected chi connectivity index (χ4v) is 7.12. The van der Waals surface area contributed by atoms with Gasteiger partial charge in [-0.25, -0.2) is 10.2 Å². The van der Waals surface area contributed by atoms with Crippen molar-refractivity contribution in [2.45, 2.75) is 78.7 Å². The first-order chi connectivity index (χ1) is 13.8. The molecule has 0 aliphatic heterocycles. The van der Waals surface area contributed by atoms with Gasteiger partial charge in [0.15, 0.2) is 0 Å². The van der Waals surface area contributed by atoms with E-state index in [0.29, 0.717) is 18.4 Å². The molecule has 0 spiro atoms. The highest BCUT2D eigenvalue weighted by atomic mass is 16.5. The van der Waals surface area contributed by atoms with E-state index in [0.717, 1.165) is 43.7 Å². The quantitative estimate of drug-likeness (QED) is 0.399. The Bertz CT molecular complexity index is 770. The standard InChI is InChI=1S/C24H36N2O3/c1-5-29-22(28)26-25-15(2)19-8-9-20-18-7-6-16-14-17(27)10-12-23(16,3)21(18)11-13-24(19,20)4/h6,8,17-18,20-21,27H,5,7,9-14H2,1-4H3,(H,26,28). The summed E-state index contributed by atoms with van der Waals surface area (Å²) in [4.78, 5) is 11.6. The molecule has 0 aromatic heterocycles. The topological polar surface area (TPSA) is 70.9 Å². The van der Waals surface area contributed by atoms with E-state index in [1.165, 1.54) is 24.0 Å². The molecule has 6 unspecified atom stereocenters. The number of carbonyl (C=O) groups is 1. The maximum absolute atomic E-state index is 11.6.